The number of carbonyl (C=O) groups excluding carboxylic acids is 1. The van der Waals surface area contributed by atoms with E-state index in [2.05, 4.69) is 6.58 Å². The van der Waals surface area contributed by atoms with Crippen molar-refractivity contribution in [3.8, 4) is 0 Å². The highest BCUT2D eigenvalue weighted by atomic mass is 16.4. The van der Waals surface area contributed by atoms with Gasteiger partial charge in [-0.2, -0.15) is 0 Å². The van der Waals surface area contributed by atoms with Crippen LogP contribution in [0.4, 0.5) is 0 Å². The van der Waals surface area contributed by atoms with E-state index in [9.17, 15) is 14.7 Å². The van der Waals surface area contributed by atoms with Gasteiger partial charge in [0, 0.05) is 17.1 Å². The van der Waals surface area contributed by atoms with Gasteiger partial charge in [0.2, 0.25) is 0 Å². The lowest BCUT2D eigenvalue weighted by Crippen LogP contribution is -2.25. The van der Waals surface area contributed by atoms with Crippen LogP contribution < -0.4 is 0 Å². The number of carboxylic acids is 1. The molecule has 0 heterocycles. The summed E-state index contributed by atoms with van der Waals surface area (Å²) in [7, 11) is 0. The molecule has 134 valence electrons. The van der Waals surface area contributed by atoms with E-state index in [0.29, 0.717) is 5.56 Å². The Morgan fingerprint density at radius 2 is 1.07 bits per heavy atom. The Balaban J connectivity index is 2.18. The zero-order valence-corrected chi connectivity index (χ0v) is 14.8. The molecule has 0 aliphatic rings. The molecule has 2 unspecified atom stereocenters. The number of benzene rings is 3. The van der Waals surface area contributed by atoms with E-state index in [1.165, 1.54) is 0 Å². The summed E-state index contributed by atoms with van der Waals surface area (Å²) >= 11 is 0. The lowest BCUT2D eigenvalue weighted by Gasteiger charge is -2.27. The second-order valence-electron chi connectivity index (χ2n) is 6.34. The molecule has 0 saturated carbocycles. The molecule has 3 heteroatoms. The Morgan fingerprint density at radius 1 is 0.667 bits per heavy atom. The predicted molar refractivity (Wildman–Crippen MR) is 106 cm³/mol. The topological polar surface area (TPSA) is 54.4 Å². The van der Waals surface area contributed by atoms with Crippen LogP contribution in [0.3, 0.4) is 0 Å². The monoisotopic (exact) mass is 356 g/mol. The maximum absolute atomic E-state index is 13.5. The summed E-state index contributed by atoms with van der Waals surface area (Å²) in [5, 5.41) is 9.65. The highest BCUT2D eigenvalue weighted by Crippen LogP contribution is 2.40. The third-order valence-corrected chi connectivity index (χ3v) is 4.64. The number of ketones is 1. The van der Waals surface area contributed by atoms with Crippen LogP contribution in [0.15, 0.2) is 103 Å². The quantitative estimate of drug-likeness (QED) is 0.474. The van der Waals surface area contributed by atoms with Crippen molar-refractivity contribution < 1.29 is 14.7 Å². The van der Waals surface area contributed by atoms with Crippen LogP contribution in [0.2, 0.25) is 0 Å². The van der Waals surface area contributed by atoms with Crippen LogP contribution in [0.5, 0.6) is 0 Å². The normalized spacial score (nSPS) is 12.7. The van der Waals surface area contributed by atoms with Crippen molar-refractivity contribution in [3.63, 3.8) is 0 Å². The van der Waals surface area contributed by atoms with Gasteiger partial charge < -0.3 is 5.11 Å². The molecule has 27 heavy (non-hydrogen) atoms. The fraction of sp³-hybridized carbons (Fsp3) is 0.0833. The van der Waals surface area contributed by atoms with Gasteiger partial charge >= 0.3 is 5.97 Å². The highest BCUT2D eigenvalue weighted by Gasteiger charge is 2.35. The molecule has 3 aromatic carbocycles. The molecule has 3 rings (SSSR count). The van der Waals surface area contributed by atoms with Gasteiger partial charge in [0.05, 0.1) is 5.92 Å². The minimum absolute atomic E-state index is 0.000616. The molecule has 0 fully saturated rings. The van der Waals surface area contributed by atoms with E-state index < -0.39 is 17.8 Å². The predicted octanol–water partition coefficient (Wildman–Crippen LogP) is 5.08. The molecule has 3 nitrogen and oxygen atoms in total. The van der Waals surface area contributed by atoms with E-state index >= 15 is 0 Å². The average Bonchev–Trinajstić information content (AvgIpc) is 2.73. The van der Waals surface area contributed by atoms with Crippen LogP contribution in [0, 0.1) is 0 Å². The van der Waals surface area contributed by atoms with Crippen molar-refractivity contribution in [3.05, 3.63) is 120 Å². The fourth-order valence-electron chi connectivity index (χ4n) is 3.33. The first-order valence-electron chi connectivity index (χ1n) is 8.71. The Labute approximate surface area is 158 Å². The van der Waals surface area contributed by atoms with Crippen LogP contribution in [0.1, 0.15) is 33.3 Å². The van der Waals surface area contributed by atoms with E-state index in [0.717, 1.165) is 11.1 Å². The Morgan fingerprint density at radius 3 is 1.52 bits per heavy atom. The molecule has 0 radical (unpaired) electrons. The Bertz CT molecular complexity index is 931. The largest absolute Gasteiger partial charge is 0.478 e. The highest BCUT2D eigenvalue weighted by molar-refractivity contribution is 6.03. The third-order valence-electron chi connectivity index (χ3n) is 4.64. The number of rotatable bonds is 7. The van der Waals surface area contributed by atoms with Crippen molar-refractivity contribution >= 4 is 11.8 Å². The van der Waals surface area contributed by atoms with Gasteiger partial charge in [-0.1, -0.05) is 97.6 Å². The zero-order valence-electron chi connectivity index (χ0n) is 14.8. The lowest BCUT2D eigenvalue weighted by atomic mass is 9.74. The van der Waals surface area contributed by atoms with Crippen LogP contribution in [-0.4, -0.2) is 16.9 Å². The second-order valence-corrected chi connectivity index (χ2v) is 6.34. The van der Waals surface area contributed by atoms with Crippen molar-refractivity contribution in [2.75, 3.05) is 0 Å². The summed E-state index contributed by atoms with van der Waals surface area (Å²) in [5.41, 5.74) is 2.07. The first-order valence-corrected chi connectivity index (χ1v) is 8.71. The molecule has 0 aromatic heterocycles. The summed E-state index contributed by atoms with van der Waals surface area (Å²) in [6, 6.07) is 27.5. The summed E-state index contributed by atoms with van der Waals surface area (Å²) in [6.07, 6.45) is 0. The smallest absolute Gasteiger partial charge is 0.331 e. The van der Waals surface area contributed by atoms with E-state index in [-0.39, 0.29) is 11.4 Å². The minimum Gasteiger partial charge on any atom is -0.478 e. The molecule has 3 aromatic rings. The van der Waals surface area contributed by atoms with E-state index in [1.54, 1.807) is 24.3 Å². The van der Waals surface area contributed by atoms with E-state index in [4.69, 9.17) is 0 Å². The molecule has 0 amide bonds. The number of carbonyl (C=O) groups is 2. The number of hydrogen-bond donors (Lipinski definition) is 1. The zero-order chi connectivity index (χ0) is 19.2. The summed E-state index contributed by atoms with van der Waals surface area (Å²) in [4.78, 5) is 25.3. The standard InChI is InChI=1S/C24H20O3/c1-17(24(26)27)21(18-11-5-2-6-12-18)22(19-13-7-3-8-14-19)23(25)20-15-9-4-10-16-20/h2-16,21-22H,1H2,(H,26,27). The number of Topliss-reactive ketones (excluding diaryl/α,β-unsaturated/α-hetero) is 1. The maximum atomic E-state index is 13.5. The SMILES string of the molecule is C=C(C(=O)O)C(c1ccccc1)C(C(=O)c1ccccc1)c1ccccc1. The van der Waals surface area contributed by atoms with E-state index in [1.807, 2.05) is 66.7 Å². The average molecular weight is 356 g/mol. The molecular formula is C24H20O3. The van der Waals surface area contributed by atoms with Crippen LogP contribution in [0.25, 0.3) is 0 Å². The van der Waals surface area contributed by atoms with Crippen molar-refractivity contribution in [1.82, 2.24) is 0 Å². The first kappa shape index (κ1) is 18.3. The molecular weight excluding hydrogens is 336 g/mol. The Hall–Kier alpha value is -3.46. The van der Waals surface area contributed by atoms with Crippen LogP contribution in [-0.2, 0) is 4.79 Å². The van der Waals surface area contributed by atoms with Gasteiger partial charge in [-0.15, -0.1) is 0 Å². The lowest BCUT2D eigenvalue weighted by molar-refractivity contribution is -0.133. The van der Waals surface area contributed by atoms with Crippen molar-refractivity contribution in [2.24, 2.45) is 0 Å². The molecule has 1 N–H and O–H groups in total. The Kier molecular flexibility index (Phi) is 5.62. The van der Waals surface area contributed by atoms with Gasteiger partial charge in [-0.3, -0.25) is 4.79 Å². The number of carboxylic acid groups (broad SMARTS) is 1. The molecule has 2 atom stereocenters. The summed E-state index contributed by atoms with van der Waals surface area (Å²) in [6.45, 7) is 3.80. The summed E-state index contributed by atoms with van der Waals surface area (Å²) < 4.78 is 0. The van der Waals surface area contributed by atoms with Gasteiger partial charge in [0.1, 0.15) is 0 Å². The third kappa shape index (κ3) is 4.04. The maximum Gasteiger partial charge on any atom is 0.331 e. The number of hydrogen-bond acceptors (Lipinski definition) is 2. The molecule has 0 aliphatic heterocycles. The van der Waals surface area contributed by atoms with Gasteiger partial charge in [0.25, 0.3) is 0 Å². The molecule has 0 aliphatic carbocycles. The van der Waals surface area contributed by atoms with Crippen molar-refractivity contribution in [1.29, 1.82) is 0 Å². The van der Waals surface area contributed by atoms with Gasteiger partial charge in [-0.25, -0.2) is 4.79 Å². The van der Waals surface area contributed by atoms with Gasteiger partial charge in [-0.05, 0) is 11.1 Å². The fourth-order valence-corrected chi connectivity index (χ4v) is 3.33. The number of aliphatic carboxylic acids is 1. The molecule has 0 spiro atoms. The minimum atomic E-state index is -1.11. The molecule has 0 saturated heterocycles. The first-order chi connectivity index (χ1) is 13.1. The van der Waals surface area contributed by atoms with Crippen LogP contribution >= 0.6 is 0 Å². The summed E-state index contributed by atoms with van der Waals surface area (Å²) in [5.74, 6) is -2.58. The molecule has 0 bridgehead atoms. The van der Waals surface area contributed by atoms with Crippen molar-refractivity contribution in [2.45, 2.75) is 11.8 Å². The van der Waals surface area contributed by atoms with Gasteiger partial charge in [0.15, 0.2) is 5.78 Å². The second kappa shape index (κ2) is 8.28.